The second-order valence-corrected chi connectivity index (χ2v) is 21.2. The fourth-order valence-corrected chi connectivity index (χ4v) is 9.13. The van der Waals surface area contributed by atoms with Crippen LogP contribution in [0.25, 0.3) is 0 Å². The Hall–Kier alpha value is -1.93. The van der Waals surface area contributed by atoms with E-state index in [1.54, 1.807) is 0 Å². The number of hydrogen-bond acceptors (Lipinski definition) is 7. The number of unbranched alkanes of at least 4 members (excludes halogenated alkanes) is 38. The molecule has 0 aromatic rings. The predicted molar refractivity (Wildman–Crippen MR) is 282 cm³/mol. The minimum atomic E-state index is -1.12. The minimum absolute atomic E-state index is 0.0466. The van der Waals surface area contributed by atoms with Gasteiger partial charge in [0.2, 0.25) is 0 Å². The third kappa shape index (κ3) is 48.9. The van der Waals surface area contributed by atoms with E-state index in [-0.39, 0.29) is 42.7 Å². The Labute approximate surface area is 416 Å². The van der Waals surface area contributed by atoms with Crippen molar-refractivity contribution < 1.29 is 38.2 Å². The Kier molecular flexibility index (Phi) is 49.0. The molecule has 0 heterocycles. The van der Waals surface area contributed by atoms with E-state index in [0.717, 1.165) is 38.5 Å². The molecule has 8 heteroatoms. The number of carbonyl (C=O) groups is 3. The zero-order chi connectivity index (χ0) is 49.2. The summed E-state index contributed by atoms with van der Waals surface area (Å²) in [6.07, 6.45) is 58.3. The van der Waals surface area contributed by atoms with Gasteiger partial charge in [0.05, 0.1) is 40.3 Å². The van der Waals surface area contributed by atoms with Crippen LogP contribution in [0.15, 0.2) is 12.2 Å². The molecule has 0 saturated heterocycles. The first-order valence-corrected chi connectivity index (χ1v) is 29.2. The number of nitrogens with zero attached hydrogens (tertiary/aromatic N) is 1. The number of likely N-dealkylation sites (N-methyl/N-ethyl adjacent to an activating group) is 1. The van der Waals surface area contributed by atoms with Crippen LogP contribution in [0.2, 0.25) is 0 Å². The first-order valence-electron chi connectivity index (χ1n) is 29.2. The maximum atomic E-state index is 12.8. The van der Waals surface area contributed by atoms with Crippen molar-refractivity contribution in [1.82, 2.24) is 0 Å². The van der Waals surface area contributed by atoms with E-state index in [2.05, 4.69) is 26.0 Å². The summed E-state index contributed by atoms with van der Waals surface area (Å²) in [6.45, 7) is 4.73. The van der Waals surface area contributed by atoms with Crippen LogP contribution >= 0.6 is 0 Å². The summed E-state index contributed by atoms with van der Waals surface area (Å²) in [5.41, 5.74) is 0. The van der Waals surface area contributed by atoms with Crippen molar-refractivity contribution in [3.8, 4) is 0 Å². The Morgan fingerprint density at radius 1 is 0.433 bits per heavy atom. The number of ether oxygens (including phenoxy) is 3. The van der Waals surface area contributed by atoms with Crippen molar-refractivity contribution in [2.75, 3.05) is 41.0 Å². The highest BCUT2D eigenvalue weighted by Crippen LogP contribution is 2.17. The van der Waals surface area contributed by atoms with Gasteiger partial charge in [0, 0.05) is 19.3 Å². The summed E-state index contributed by atoms with van der Waals surface area (Å²) in [7, 11) is 5.44. The molecular formula is C59H113NO7. The molecule has 8 nitrogen and oxygen atoms in total. The lowest BCUT2D eigenvalue weighted by Crippen LogP contribution is -2.55. The number of rotatable bonds is 54. The van der Waals surface area contributed by atoms with Gasteiger partial charge in [-0.05, 0) is 38.5 Å². The molecule has 0 aromatic heterocycles. The van der Waals surface area contributed by atoms with Crippen molar-refractivity contribution in [3.05, 3.63) is 12.2 Å². The molecule has 0 aliphatic rings. The molecule has 0 spiro atoms. The molecule has 0 amide bonds. The molecule has 0 N–H and O–H groups in total. The number of esters is 2. The number of carbonyl (C=O) groups excluding carboxylic acids is 3. The van der Waals surface area contributed by atoms with Gasteiger partial charge in [-0.1, -0.05) is 251 Å². The van der Waals surface area contributed by atoms with Gasteiger partial charge in [0.1, 0.15) is 12.6 Å². The lowest BCUT2D eigenvalue weighted by atomic mass is 10.0. The SMILES string of the molecule is CCCCCCCCCC/C=C\CCCCCCCCCCCC(=O)OC(COCCC(C(=O)[O-])[N+](C)(C)C)COC(=O)CCCCCCCCCCCCCCCCCCCCCCCC. The maximum Gasteiger partial charge on any atom is 0.306 e. The number of carboxylic acid groups (broad SMARTS) is 1. The molecule has 0 aliphatic carbocycles. The van der Waals surface area contributed by atoms with Crippen LogP contribution in [0.4, 0.5) is 0 Å². The highest BCUT2D eigenvalue weighted by atomic mass is 16.6. The second kappa shape index (κ2) is 50.5. The average Bonchev–Trinajstić information content (AvgIpc) is 3.29. The van der Waals surface area contributed by atoms with Crippen molar-refractivity contribution in [3.63, 3.8) is 0 Å². The van der Waals surface area contributed by atoms with E-state index in [1.807, 2.05) is 21.1 Å². The molecule has 0 radical (unpaired) electrons. The van der Waals surface area contributed by atoms with E-state index >= 15 is 0 Å². The van der Waals surface area contributed by atoms with E-state index in [4.69, 9.17) is 14.2 Å². The van der Waals surface area contributed by atoms with Crippen molar-refractivity contribution >= 4 is 17.9 Å². The van der Waals surface area contributed by atoms with Crippen molar-refractivity contribution in [2.45, 2.75) is 309 Å². The van der Waals surface area contributed by atoms with Gasteiger partial charge in [-0.3, -0.25) is 9.59 Å². The number of aliphatic carboxylic acids is 1. The first kappa shape index (κ1) is 65.1. The number of allylic oxidation sites excluding steroid dienone is 2. The maximum absolute atomic E-state index is 12.8. The van der Waals surface area contributed by atoms with Crippen LogP contribution in [-0.2, 0) is 28.6 Å². The van der Waals surface area contributed by atoms with Crippen LogP contribution < -0.4 is 5.11 Å². The van der Waals surface area contributed by atoms with E-state index < -0.39 is 18.1 Å². The normalized spacial score (nSPS) is 12.8. The van der Waals surface area contributed by atoms with Gasteiger partial charge in [0.15, 0.2) is 6.10 Å². The summed E-state index contributed by atoms with van der Waals surface area (Å²) < 4.78 is 17.3. The molecule has 0 aromatic carbocycles. The predicted octanol–water partition coefficient (Wildman–Crippen LogP) is 16.0. The van der Waals surface area contributed by atoms with Gasteiger partial charge in [0.25, 0.3) is 0 Å². The third-order valence-electron chi connectivity index (χ3n) is 13.7. The molecule has 0 rings (SSSR count). The minimum Gasteiger partial charge on any atom is -0.544 e. The first-order chi connectivity index (χ1) is 32.6. The van der Waals surface area contributed by atoms with Crippen LogP contribution in [0.5, 0.6) is 0 Å². The third-order valence-corrected chi connectivity index (χ3v) is 13.7. The molecule has 2 unspecified atom stereocenters. The smallest absolute Gasteiger partial charge is 0.306 e. The average molecular weight is 949 g/mol. The quantitative estimate of drug-likeness (QED) is 0.0259. The summed E-state index contributed by atoms with van der Waals surface area (Å²) in [4.78, 5) is 37.2. The number of hydrogen-bond donors (Lipinski definition) is 0. The lowest BCUT2D eigenvalue weighted by Gasteiger charge is -2.34. The van der Waals surface area contributed by atoms with Crippen molar-refractivity contribution in [1.29, 1.82) is 0 Å². The van der Waals surface area contributed by atoms with Gasteiger partial charge in [-0.15, -0.1) is 0 Å². The van der Waals surface area contributed by atoms with E-state index in [9.17, 15) is 19.5 Å². The molecule has 0 saturated carbocycles. The number of carboxylic acids is 1. The Bertz CT molecular complexity index is 1100. The Balaban J connectivity index is 4.12. The van der Waals surface area contributed by atoms with Gasteiger partial charge in [-0.2, -0.15) is 0 Å². The standard InChI is InChI=1S/C59H113NO7/c1-6-8-10-12-14-16-18-20-22-24-26-28-30-31-33-35-37-39-41-43-45-47-49-57(61)66-54-55(53-65-52-51-56(59(63)64)60(3,4)5)67-58(62)50-48-46-44-42-40-38-36-34-32-29-27-25-23-21-19-17-15-13-11-9-7-2/h25,27,55-56H,6-24,26,28-54H2,1-5H3/b27-25-. The second-order valence-electron chi connectivity index (χ2n) is 21.2. The van der Waals surface area contributed by atoms with Crippen LogP contribution in [-0.4, -0.2) is 75.5 Å². The highest BCUT2D eigenvalue weighted by Gasteiger charge is 2.25. The largest absolute Gasteiger partial charge is 0.544 e. The van der Waals surface area contributed by atoms with Crippen molar-refractivity contribution in [2.24, 2.45) is 0 Å². The molecule has 0 aliphatic heterocycles. The van der Waals surface area contributed by atoms with Gasteiger partial charge in [-0.25, -0.2) is 0 Å². The zero-order valence-electron chi connectivity index (χ0n) is 45.3. The van der Waals surface area contributed by atoms with Gasteiger partial charge < -0.3 is 28.6 Å². The Morgan fingerprint density at radius 2 is 0.746 bits per heavy atom. The van der Waals surface area contributed by atoms with Gasteiger partial charge >= 0.3 is 11.9 Å². The molecule has 0 fully saturated rings. The topological polar surface area (TPSA) is 102 Å². The van der Waals surface area contributed by atoms with Crippen LogP contribution in [0, 0.1) is 0 Å². The fraction of sp³-hybridized carbons (Fsp3) is 0.915. The fourth-order valence-electron chi connectivity index (χ4n) is 9.13. The van der Waals surface area contributed by atoms with Crippen LogP contribution in [0.1, 0.15) is 296 Å². The summed E-state index contributed by atoms with van der Waals surface area (Å²) >= 11 is 0. The lowest BCUT2D eigenvalue weighted by molar-refractivity contribution is -0.889. The molecule has 2 atom stereocenters. The zero-order valence-corrected chi connectivity index (χ0v) is 45.3. The van der Waals surface area contributed by atoms with E-state index in [0.29, 0.717) is 12.8 Å². The van der Waals surface area contributed by atoms with E-state index in [1.165, 1.54) is 225 Å². The Morgan fingerprint density at radius 3 is 1.07 bits per heavy atom. The summed E-state index contributed by atoms with van der Waals surface area (Å²) in [5.74, 6) is -1.71. The molecular weight excluding hydrogens is 835 g/mol. The summed E-state index contributed by atoms with van der Waals surface area (Å²) in [5, 5.41) is 11.7. The van der Waals surface area contributed by atoms with Crippen LogP contribution in [0.3, 0.4) is 0 Å². The molecule has 67 heavy (non-hydrogen) atoms. The highest BCUT2D eigenvalue weighted by molar-refractivity contribution is 5.70. The monoisotopic (exact) mass is 948 g/mol. The summed E-state index contributed by atoms with van der Waals surface area (Å²) in [6, 6.07) is -0.723. The molecule has 0 bridgehead atoms. The molecule has 396 valence electrons. The number of quaternary nitrogens is 1.